The number of H-pyrrole nitrogens is 1. The normalized spacial score (nSPS) is 12.6. The van der Waals surface area contributed by atoms with Crippen molar-refractivity contribution in [3.63, 3.8) is 0 Å². The van der Waals surface area contributed by atoms with E-state index in [1.54, 1.807) is 6.07 Å². The molecule has 0 aliphatic rings. The average Bonchev–Trinajstić information content (AvgIpc) is 3.20. The molecule has 1 N–H and O–H groups in total. The summed E-state index contributed by atoms with van der Waals surface area (Å²) in [6.07, 6.45) is 1.84. The Morgan fingerprint density at radius 2 is 1.82 bits per heavy atom. The first-order valence-electron chi connectivity index (χ1n) is 9.54. The molecule has 0 fully saturated rings. The van der Waals surface area contributed by atoms with Gasteiger partial charge >= 0.3 is 0 Å². The maximum atomic E-state index is 12.6. The Hall–Kier alpha value is -3.15. The van der Waals surface area contributed by atoms with E-state index in [1.807, 2.05) is 17.8 Å². The zero-order chi connectivity index (χ0) is 20.0. The lowest BCUT2D eigenvalue weighted by Gasteiger charge is -2.13. The van der Waals surface area contributed by atoms with Crippen LogP contribution in [0.4, 0.5) is 0 Å². The molecule has 0 saturated heterocycles. The Morgan fingerprint density at radius 3 is 2.46 bits per heavy atom. The molecule has 0 spiro atoms. The zero-order valence-electron chi connectivity index (χ0n) is 16.9. The molecule has 6 nitrogen and oxygen atoms in total. The molecule has 0 amide bonds. The summed E-state index contributed by atoms with van der Waals surface area (Å²) in [5.74, 6) is 0.0656. The van der Waals surface area contributed by atoms with E-state index < -0.39 is 0 Å². The number of aryl methyl sites for hydroxylation is 2. The van der Waals surface area contributed by atoms with Crippen molar-refractivity contribution >= 4 is 5.65 Å². The molecule has 144 valence electrons. The maximum absolute atomic E-state index is 12.6. The molecule has 1 aromatic carbocycles. The van der Waals surface area contributed by atoms with Crippen molar-refractivity contribution in [1.29, 1.82) is 0 Å². The lowest BCUT2D eigenvalue weighted by atomic mass is 10.1. The minimum atomic E-state index is -0.102. The lowest BCUT2D eigenvalue weighted by molar-refractivity contribution is 0.520. The van der Waals surface area contributed by atoms with Crippen LogP contribution < -0.4 is 5.56 Å². The number of hydrogen-bond donors (Lipinski definition) is 1. The molecule has 0 saturated carbocycles. The van der Waals surface area contributed by atoms with E-state index in [4.69, 9.17) is 4.98 Å². The van der Waals surface area contributed by atoms with Crippen molar-refractivity contribution in [2.75, 3.05) is 0 Å². The van der Waals surface area contributed by atoms with Crippen LogP contribution in [0.3, 0.4) is 0 Å². The second-order valence-electron chi connectivity index (χ2n) is 7.61. The fraction of sp³-hybridized carbons (Fsp3) is 0.318. The summed E-state index contributed by atoms with van der Waals surface area (Å²) in [4.78, 5) is 17.5. The minimum absolute atomic E-state index is 0.0656. The predicted octanol–water partition coefficient (Wildman–Crippen LogP) is 3.92. The van der Waals surface area contributed by atoms with Crippen LogP contribution in [0.25, 0.3) is 16.8 Å². The molecule has 28 heavy (non-hydrogen) atoms. The lowest BCUT2D eigenvalue weighted by Crippen LogP contribution is -2.18. The molecule has 3 heterocycles. The van der Waals surface area contributed by atoms with Gasteiger partial charge in [0.1, 0.15) is 0 Å². The standard InChI is InChI=1S/C22H25N5O/c1-13-6-8-18(9-7-13)19-11-23-27-21(28)10-20(24-22(19)27)14(2)12-26-17(5)15(3)16(4)25-26/h6-11,14,23H,12H2,1-5H3. The summed E-state index contributed by atoms with van der Waals surface area (Å²) in [5.41, 5.74) is 7.90. The van der Waals surface area contributed by atoms with Crippen LogP contribution >= 0.6 is 0 Å². The van der Waals surface area contributed by atoms with Crippen LogP contribution in [0.5, 0.6) is 0 Å². The van der Waals surface area contributed by atoms with Crippen LogP contribution in [0.2, 0.25) is 0 Å². The van der Waals surface area contributed by atoms with Crippen LogP contribution in [-0.4, -0.2) is 24.4 Å². The molecule has 1 atom stereocenters. The highest BCUT2D eigenvalue weighted by atomic mass is 16.1. The van der Waals surface area contributed by atoms with Crippen molar-refractivity contribution < 1.29 is 0 Å². The predicted molar refractivity (Wildman–Crippen MR) is 111 cm³/mol. The van der Waals surface area contributed by atoms with E-state index >= 15 is 0 Å². The Bertz CT molecular complexity index is 1210. The van der Waals surface area contributed by atoms with Crippen LogP contribution in [-0.2, 0) is 6.54 Å². The molecule has 0 aliphatic heterocycles. The van der Waals surface area contributed by atoms with Crippen molar-refractivity contribution in [3.8, 4) is 11.1 Å². The average molecular weight is 375 g/mol. The van der Waals surface area contributed by atoms with Gasteiger partial charge in [-0.05, 0) is 38.8 Å². The van der Waals surface area contributed by atoms with E-state index in [9.17, 15) is 4.79 Å². The summed E-state index contributed by atoms with van der Waals surface area (Å²) in [6, 6.07) is 9.85. The molecule has 6 heteroatoms. The molecular weight excluding hydrogens is 350 g/mol. The molecule has 4 rings (SSSR count). The van der Waals surface area contributed by atoms with Gasteiger partial charge in [-0.25, -0.2) is 9.50 Å². The molecule has 1 unspecified atom stereocenters. The number of rotatable bonds is 4. The molecular formula is C22H25N5O. The minimum Gasteiger partial charge on any atom is -0.296 e. The van der Waals surface area contributed by atoms with E-state index in [-0.39, 0.29) is 11.5 Å². The van der Waals surface area contributed by atoms with Gasteiger partial charge in [0, 0.05) is 36.0 Å². The summed E-state index contributed by atoms with van der Waals surface area (Å²) >= 11 is 0. The molecule has 0 radical (unpaired) electrons. The van der Waals surface area contributed by atoms with Crippen LogP contribution in [0.1, 0.15) is 41.1 Å². The Balaban J connectivity index is 1.75. The third-order valence-corrected chi connectivity index (χ3v) is 5.58. The molecule has 3 aromatic heterocycles. The quantitative estimate of drug-likeness (QED) is 0.588. The van der Waals surface area contributed by atoms with Crippen LogP contribution in [0, 0.1) is 27.7 Å². The van der Waals surface area contributed by atoms with Crippen molar-refractivity contribution in [1.82, 2.24) is 24.4 Å². The third-order valence-electron chi connectivity index (χ3n) is 5.58. The SMILES string of the molecule is Cc1ccc(-c2c[nH]n3c(=O)cc(C(C)Cn4nc(C)c(C)c4C)nc23)cc1. The third kappa shape index (κ3) is 3.05. The molecule has 4 aromatic rings. The highest BCUT2D eigenvalue weighted by Gasteiger charge is 2.17. The van der Waals surface area contributed by atoms with Gasteiger partial charge < -0.3 is 0 Å². The zero-order valence-corrected chi connectivity index (χ0v) is 16.9. The van der Waals surface area contributed by atoms with Gasteiger partial charge in [0.25, 0.3) is 5.56 Å². The second kappa shape index (κ2) is 6.78. The number of benzene rings is 1. The highest BCUT2D eigenvalue weighted by Crippen LogP contribution is 2.25. The van der Waals surface area contributed by atoms with Crippen LogP contribution in [0.15, 0.2) is 41.3 Å². The monoisotopic (exact) mass is 375 g/mol. The van der Waals surface area contributed by atoms with Crippen molar-refractivity contribution in [2.45, 2.75) is 47.1 Å². The number of aromatic amines is 1. The Labute approximate surface area is 163 Å². The first-order chi connectivity index (χ1) is 13.3. The number of fused-ring (bicyclic) bond motifs is 1. The van der Waals surface area contributed by atoms with E-state index in [0.717, 1.165) is 28.2 Å². The van der Waals surface area contributed by atoms with Crippen molar-refractivity contribution in [3.05, 3.63) is 75.1 Å². The fourth-order valence-corrected chi connectivity index (χ4v) is 3.51. The number of hydrogen-bond acceptors (Lipinski definition) is 3. The van der Waals surface area contributed by atoms with Gasteiger partial charge in [-0.1, -0.05) is 36.8 Å². The largest absolute Gasteiger partial charge is 0.296 e. The Kier molecular flexibility index (Phi) is 4.41. The van der Waals surface area contributed by atoms with Crippen molar-refractivity contribution in [2.24, 2.45) is 0 Å². The second-order valence-corrected chi connectivity index (χ2v) is 7.61. The van der Waals surface area contributed by atoms with Gasteiger partial charge in [0.2, 0.25) is 0 Å². The highest BCUT2D eigenvalue weighted by molar-refractivity contribution is 5.77. The first-order valence-corrected chi connectivity index (χ1v) is 9.54. The van der Waals surface area contributed by atoms with E-state index in [1.165, 1.54) is 15.6 Å². The maximum Gasteiger partial charge on any atom is 0.272 e. The molecule has 0 bridgehead atoms. The molecule has 0 aliphatic carbocycles. The van der Waals surface area contributed by atoms with Gasteiger partial charge in [0.15, 0.2) is 5.65 Å². The fourth-order valence-electron chi connectivity index (χ4n) is 3.51. The number of aromatic nitrogens is 5. The summed E-state index contributed by atoms with van der Waals surface area (Å²) in [5, 5.41) is 7.65. The summed E-state index contributed by atoms with van der Waals surface area (Å²) in [6.45, 7) is 11.0. The van der Waals surface area contributed by atoms with E-state index in [2.05, 4.69) is 62.2 Å². The van der Waals surface area contributed by atoms with Gasteiger partial charge in [-0.15, -0.1) is 0 Å². The van der Waals surface area contributed by atoms with Gasteiger partial charge in [0.05, 0.1) is 11.4 Å². The first kappa shape index (κ1) is 18.2. The number of nitrogens with one attached hydrogen (secondary N) is 1. The van der Waals surface area contributed by atoms with Gasteiger partial charge in [-0.2, -0.15) is 5.10 Å². The Morgan fingerprint density at radius 1 is 1.11 bits per heavy atom. The van der Waals surface area contributed by atoms with E-state index in [0.29, 0.717) is 12.2 Å². The van der Waals surface area contributed by atoms with Gasteiger partial charge in [-0.3, -0.25) is 14.6 Å². The number of nitrogens with zero attached hydrogens (tertiary/aromatic N) is 4. The summed E-state index contributed by atoms with van der Waals surface area (Å²) < 4.78 is 3.51. The smallest absolute Gasteiger partial charge is 0.272 e. The summed E-state index contributed by atoms with van der Waals surface area (Å²) in [7, 11) is 0. The topological polar surface area (TPSA) is 68.0 Å².